The molecule has 2 heterocycles. The molecule has 4 rings (SSSR count). The number of allylic oxidation sites excluding steroid dienone is 1. The molecule has 36 heavy (non-hydrogen) atoms. The normalized spacial score (nSPS) is 26.8. The van der Waals surface area contributed by atoms with Gasteiger partial charge in [0.25, 0.3) is 0 Å². The van der Waals surface area contributed by atoms with Gasteiger partial charge in [-0.2, -0.15) is 0 Å². The van der Waals surface area contributed by atoms with E-state index in [2.05, 4.69) is 16.4 Å². The highest BCUT2D eigenvalue weighted by Gasteiger charge is 2.37. The number of alkyl carbamates (subject to hydrolysis) is 1. The predicted octanol–water partition coefficient (Wildman–Crippen LogP) is 6.16. The first kappa shape index (κ1) is 25.9. The number of cyclic esters (lactones) is 1. The molecule has 0 spiro atoms. The number of esters is 1. The number of pyridine rings is 1. The van der Waals surface area contributed by atoms with Gasteiger partial charge in [-0.05, 0) is 93.5 Å². The summed E-state index contributed by atoms with van der Waals surface area (Å²) in [5, 5.41) is 2.99. The Morgan fingerprint density at radius 1 is 1.19 bits per heavy atom. The van der Waals surface area contributed by atoms with E-state index in [0.29, 0.717) is 24.9 Å². The van der Waals surface area contributed by atoms with Crippen molar-refractivity contribution in [1.82, 2.24) is 10.3 Å². The zero-order valence-electron chi connectivity index (χ0n) is 21.0. The maximum absolute atomic E-state index is 13.6. The zero-order valence-corrected chi connectivity index (χ0v) is 21.0. The van der Waals surface area contributed by atoms with Crippen molar-refractivity contribution < 1.29 is 23.5 Å². The Bertz CT molecular complexity index is 1070. The molecule has 2 aromatic rings. The highest BCUT2D eigenvalue weighted by Crippen LogP contribution is 2.41. The van der Waals surface area contributed by atoms with Crippen LogP contribution in [0.15, 0.2) is 48.7 Å². The van der Waals surface area contributed by atoms with Crippen molar-refractivity contribution in [1.29, 1.82) is 0 Å². The molecular formula is C29H35FN2O4. The Hall–Kier alpha value is -3.22. The van der Waals surface area contributed by atoms with Gasteiger partial charge in [0.05, 0.1) is 18.4 Å². The standard InChI is InChI=1S/C29H35FN2O4/c1-3-35-29(34)32-26-12-13-27-21(15-19(2)36-28(33)14-9-22(27)17-26)7-10-25-11-8-23(18-31-25)20-5-4-6-24(30)16-20/h4-8,10-11,16,18-19,21-22,26-27H,3,9,12-15,17H2,1-2H3,(H,32,34)/b10-7+/t19-,21-,22-,26-,27+/m1/s1. The van der Waals surface area contributed by atoms with E-state index in [1.165, 1.54) is 12.1 Å². The van der Waals surface area contributed by atoms with Gasteiger partial charge >= 0.3 is 12.1 Å². The molecule has 0 radical (unpaired) electrons. The van der Waals surface area contributed by atoms with Crippen molar-refractivity contribution in [3.63, 3.8) is 0 Å². The number of ether oxygens (including phenoxy) is 2. The van der Waals surface area contributed by atoms with Crippen molar-refractivity contribution in [3.05, 3.63) is 60.2 Å². The number of halogens is 1. The lowest BCUT2D eigenvalue weighted by atomic mass is 9.68. The lowest BCUT2D eigenvalue weighted by molar-refractivity contribution is -0.148. The number of carbonyl (C=O) groups excluding carboxylic acids is 2. The maximum Gasteiger partial charge on any atom is 0.407 e. The third-order valence-corrected chi connectivity index (χ3v) is 7.30. The minimum Gasteiger partial charge on any atom is -0.463 e. The number of nitrogens with one attached hydrogen (secondary N) is 1. The number of hydrogen-bond acceptors (Lipinski definition) is 5. The van der Waals surface area contributed by atoms with Crippen LogP contribution >= 0.6 is 0 Å². The van der Waals surface area contributed by atoms with Crippen molar-refractivity contribution >= 4 is 18.1 Å². The van der Waals surface area contributed by atoms with Crippen molar-refractivity contribution in [2.45, 2.75) is 64.5 Å². The van der Waals surface area contributed by atoms with Crippen molar-refractivity contribution in [3.8, 4) is 11.1 Å². The molecule has 6 nitrogen and oxygen atoms in total. The lowest BCUT2D eigenvalue weighted by Crippen LogP contribution is -2.42. The topological polar surface area (TPSA) is 77.5 Å². The summed E-state index contributed by atoms with van der Waals surface area (Å²) < 4.78 is 24.3. The number of nitrogens with zero attached hydrogens (tertiary/aromatic N) is 1. The first-order chi connectivity index (χ1) is 17.4. The summed E-state index contributed by atoms with van der Waals surface area (Å²) in [4.78, 5) is 28.8. The monoisotopic (exact) mass is 494 g/mol. The Labute approximate surface area is 212 Å². The third-order valence-electron chi connectivity index (χ3n) is 7.30. The van der Waals surface area contributed by atoms with Crippen molar-refractivity contribution in [2.75, 3.05) is 6.61 Å². The first-order valence-corrected chi connectivity index (χ1v) is 12.9. The van der Waals surface area contributed by atoms with Gasteiger partial charge in [-0.1, -0.05) is 24.3 Å². The molecule has 1 saturated carbocycles. The van der Waals surface area contributed by atoms with E-state index in [-0.39, 0.29) is 35.9 Å². The minimum atomic E-state index is -0.374. The van der Waals surface area contributed by atoms with Crippen LogP contribution in [0.25, 0.3) is 17.2 Å². The van der Waals surface area contributed by atoms with Gasteiger partial charge in [0.15, 0.2) is 0 Å². The molecule has 0 bridgehead atoms. The third kappa shape index (κ3) is 6.93. The number of carbonyl (C=O) groups is 2. The second-order valence-electron chi connectivity index (χ2n) is 9.88. The maximum atomic E-state index is 13.6. The largest absolute Gasteiger partial charge is 0.463 e. The molecule has 1 aromatic heterocycles. The molecule has 0 unspecified atom stereocenters. The van der Waals surface area contributed by atoms with Gasteiger partial charge in [-0.15, -0.1) is 0 Å². The number of hydrogen-bond donors (Lipinski definition) is 1. The molecule has 1 amide bonds. The fourth-order valence-corrected chi connectivity index (χ4v) is 5.63. The van der Waals surface area contributed by atoms with E-state index in [0.717, 1.165) is 48.9 Å². The average Bonchev–Trinajstić information content (AvgIpc) is 2.91. The van der Waals surface area contributed by atoms with E-state index >= 15 is 0 Å². The SMILES string of the molecule is CCOC(=O)N[C@@H]1CC[C@@H]2[C@H](CCC(=O)O[C@H](C)C[C@H]2/C=C/c2ccc(-c3cccc(F)c3)cn2)C1. The molecule has 5 atom stereocenters. The molecular weight excluding hydrogens is 459 g/mol. The smallest absolute Gasteiger partial charge is 0.407 e. The van der Waals surface area contributed by atoms with Crippen LogP contribution in [0.2, 0.25) is 0 Å². The molecule has 1 saturated heterocycles. The van der Waals surface area contributed by atoms with Crippen LogP contribution in [0.4, 0.5) is 9.18 Å². The van der Waals surface area contributed by atoms with Crippen LogP contribution in [0.3, 0.4) is 0 Å². The zero-order chi connectivity index (χ0) is 25.5. The van der Waals surface area contributed by atoms with E-state index in [1.54, 1.807) is 19.2 Å². The number of fused-ring (bicyclic) bond motifs is 1. The summed E-state index contributed by atoms with van der Waals surface area (Å²) in [7, 11) is 0. The Balaban J connectivity index is 1.49. The van der Waals surface area contributed by atoms with Gasteiger partial charge in [0.2, 0.25) is 0 Å². The summed E-state index contributed by atoms with van der Waals surface area (Å²) in [5.74, 6) is 0.504. The molecule has 1 aliphatic carbocycles. The first-order valence-electron chi connectivity index (χ1n) is 12.9. The number of benzene rings is 1. The lowest BCUT2D eigenvalue weighted by Gasteiger charge is -2.39. The minimum absolute atomic E-state index is 0.0566. The van der Waals surface area contributed by atoms with Crippen LogP contribution in [-0.2, 0) is 14.3 Å². The number of rotatable bonds is 5. The van der Waals surface area contributed by atoms with E-state index < -0.39 is 0 Å². The highest BCUT2D eigenvalue weighted by atomic mass is 19.1. The number of amides is 1. The average molecular weight is 495 g/mol. The number of aromatic nitrogens is 1. The van der Waals surface area contributed by atoms with Gasteiger partial charge in [-0.3, -0.25) is 9.78 Å². The van der Waals surface area contributed by atoms with Gasteiger partial charge in [0, 0.05) is 24.2 Å². The molecule has 192 valence electrons. The fraction of sp³-hybridized carbons (Fsp3) is 0.483. The Morgan fingerprint density at radius 3 is 2.81 bits per heavy atom. The summed E-state index contributed by atoms with van der Waals surface area (Å²) in [6.45, 7) is 4.10. The Morgan fingerprint density at radius 2 is 2.06 bits per heavy atom. The second kappa shape index (κ2) is 12.2. The van der Waals surface area contributed by atoms with E-state index in [9.17, 15) is 14.0 Å². The molecule has 2 fully saturated rings. The van der Waals surface area contributed by atoms with E-state index in [1.807, 2.05) is 31.2 Å². The molecule has 7 heteroatoms. The van der Waals surface area contributed by atoms with Crippen LogP contribution in [0.1, 0.15) is 58.1 Å². The molecule has 1 aliphatic heterocycles. The van der Waals surface area contributed by atoms with Crippen LogP contribution in [-0.4, -0.2) is 35.8 Å². The molecule has 2 aliphatic rings. The quantitative estimate of drug-likeness (QED) is 0.504. The second-order valence-corrected chi connectivity index (χ2v) is 9.88. The van der Waals surface area contributed by atoms with Gasteiger partial charge in [0.1, 0.15) is 5.82 Å². The summed E-state index contributed by atoms with van der Waals surface area (Å²) in [6.07, 6.45) is 10.0. The summed E-state index contributed by atoms with van der Waals surface area (Å²) in [5.41, 5.74) is 2.48. The van der Waals surface area contributed by atoms with Crippen LogP contribution in [0, 0.1) is 23.6 Å². The molecule has 1 N–H and O–H groups in total. The van der Waals surface area contributed by atoms with Crippen LogP contribution < -0.4 is 5.32 Å². The van der Waals surface area contributed by atoms with Gasteiger partial charge < -0.3 is 14.8 Å². The Kier molecular flexibility index (Phi) is 8.73. The van der Waals surface area contributed by atoms with Gasteiger partial charge in [-0.25, -0.2) is 9.18 Å². The van der Waals surface area contributed by atoms with Crippen LogP contribution in [0.5, 0.6) is 0 Å². The summed E-state index contributed by atoms with van der Waals surface area (Å²) in [6, 6.07) is 10.4. The summed E-state index contributed by atoms with van der Waals surface area (Å²) >= 11 is 0. The highest BCUT2D eigenvalue weighted by molar-refractivity contribution is 5.69. The molecule has 1 aromatic carbocycles. The predicted molar refractivity (Wildman–Crippen MR) is 136 cm³/mol. The van der Waals surface area contributed by atoms with E-state index in [4.69, 9.17) is 9.47 Å². The van der Waals surface area contributed by atoms with Crippen molar-refractivity contribution in [2.24, 2.45) is 17.8 Å². The fourth-order valence-electron chi connectivity index (χ4n) is 5.63.